The number of para-hydroxylation sites is 1. The summed E-state index contributed by atoms with van der Waals surface area (Å²) < 4.78 is 5.39. The van der Waals surface area contributed by atoms with Crippen molar-refractivity contribution in [2.75, 3.05) is 0 Å². The minimum Gasteiger partial charge on any atom is -0.422 e. The van der Waals surface area contributed by atoms with Crippen LogP contribution >= 0.6 is 0 Å². The number of ether oxygens (including phenoxy) is 1. The zero-order valence-electron chi connectivity index (χ0n) is 15.5. The topological polar surface area (TPSA) is 110 Å². The molecule has 0 amide bonds. The van der Waals surface area contributed by atoms with Crippen molar-refractivity contribution in [3.63, 3.8) is 0 Å². The maximum absolute atomic E-state index is 12.6. The average Bonchev–Trinajstić information content (AvgIpc) is 2.78. The van der Waals surface area contributed by atoms with Crippen molar-refractivity contribution in [1.82, 2.24) is 0 Å². The summed E-state index contributed by atoms with van der Waals surface area (Å²) in [5.74, 6) is -1.03. The third-order valence-corrected chi connectivity index (χ3v) is 4.14. The Balaban J connectivity index is 1.87. The molecule has 0 saturated heterocycles. The van der Waals surface area contributed by atoms with Gasteiger partial charge in [-0.15, -0.1) is 0 Å². The lowest BCUT2D eigenvalue weighted by Crippen LogP contribution is -2.09. The Morgan fingerprint density at radius 2 is 1.53 bits per heavy atom. The predicted molar refractivity (Wildman–Crippen MR) is 109 cm³/mol. The highest BCUT2D eigenvalue weighted by molar-refractivity contribution is 6.14. The zero-order valence-corrected chi connectivity index (χ0v) is 15.5. The second kappa shape index (κ2) is 9.08. The van der Waals surface area contributed by atoms with E-state index < -0.39 is 16.7 Å². The van der Waals surface area contributed by atoms with E-state index in [-0.39, 0.29) is 22.6 Å². The lowest BCUT2D eigenvalue weighted by molar-refractivity contribution is -0.384. The fourth-order valence-electron chi connectivity index (χ4n) is 2.62. The lowest BCUT2D eigenvalue weighted by Gasteiger charge is -2.08. The number of benzene rings is 3. The molecule has 0 radical (unpaired) electrons. The maximum Gasteiger partial charge on any atom is 0.343 e. The summed E-state index contributed by atoms with van der Waals surface area (Å²) in [6.07, 6.45) is 1.35. The molecule has 0 heterocycles. The number of rotatable bonds is 6. The van der Waals surface area contributed by atoms with Gasteiger partial charge in [-0.2, -0.15) is 5.26 Å². The molecular weight excluding hydrogens is 384 g/mol. The van der Waals surface area contributed by atoms with E-state index in [1.807, 2.05) is 6.07 Å². The Bertz CT molecular complexity index is 1180. The largest absolute Gasteiger partial charge is 0.422 e. The minimum absolute atomic E-state index is 0.111. The van der Waals surface area contributed by atoms with E-state index in [1.54, 1.807) is 48.5 Å². The van der Waals surface area contributed by atoms with Gasteiger partial charge in [0.05, 0.1) is 10.5 Å². The third-order valence-electron chi connectivity index (χ3n) is 4.14. The number of carbonyl (C=O) groups is 2. The van der Waals surface area contributed by atoms with E-state index in [9.17, 15) is 25.0 Å². The molecule has 3 rings (SSSR count). The van der Waals surface area contributed by atoms with Gasteiger partial charge in [0.2, 0.25) is 5.78 Å². The van der Waals surface area contributed by atoms with Crippen molar-refractivity contribution < 1.29 is 19.2 Å². The summed E-state index contributed by atoms with van der Waals surface area (Å²) in [5.41, 5.74) is 0.604. The highest BCUT2D eigenvalue weighted by Gasteiger charge is 2.16. The first-order valence-corrected chi connectivity index (χ1v) is 8.77. The number of Topliss-reactive ketones (excluding diaryl/α,β-unsaturated/α-hetero) is 1. The average molecular weight is 398 g/mol. The number of allylic oxidation sites excluding steroid dienone is 1. The van der Waals surface area contributed by atoms with Crippen LogP contribution in [-0.4, -0.2) is 16.7 Å². The highest BCUT2D eigenvalue weighted by Crippen LogP contribution is 2.24. The predicted octanol–water partition coefficient (Wildman–Crippen LogP) is 4.60. The summed E-state index contributed by atoms with van der Waals surface area (Å²) in [7, 11) is 0. The number of nitro benzene ring substituents is 1. The van der Waals surface area contributed by atoms with Gasteiger partial charge in [0, 0.05) is 23.3 Å². The van der Waals surface area contributed by atoms with Crippen molar-refractivity contribution in [3.8, 4) is 11.8 Å². The molecule has 0 fully saturated rings. The lowest BCUT2D eigenvalue weighted by atomic mass is 10.0. The summed E-state index contributed by atoms with van der Waals surface area (Å²) in [6.45, 7) is 0. The maximum atomic E-state index is 12.6. The molecule has 7 heteroatoms. The van der Waals surface area contributed by atoms with Crippen LogP contribution in [0.5, 0.6) is 5.75 Å². The molecule has 0 aromatic heterocycles. The number of ketones is 1. The van der Waals surface area contributed by atoms with Gasteiger partial charge in [0.1, 0.15) is 17.4 Å². The summed E-state index contributed by atoms with van der Waals surface area (Å²) in [5, 5.41) is 20.2. The monoisotopic (exact) mass is 398 g/mol. The van der Waals surface area contributed by atoms with Gasteiger partial charge in [-0.05, 0) is 24.3 Å². The molecule has 0 aliphatic carbocycles. The minimum atomic E-state index is -0.723. The molecule has 0 aliphatic heterocycles. The fraction of sp³-hybridized carbons (Fsp3) is 0. The van der Waals surface area contributed by atoms with Crippen LogP contribution in [0.1, 0.15) is 26.3 Å². The molecule has 0 unspecified atom stereocenters. The van der Waals surface area contributed by atoms with Gasteiger partial charge in [-0.1, -0.05) is 48.5 Å². The fourth-order valence-corrected chi connectivity index (χ4v) is 2.62. The van der Waals surface area contributed by atoms with Crippen LogP contribution < -0.4 is 4.74 Å². The van der Waals surface area contributed by atoms with Crippen LogP contribution in [-0.2, 0) is 0 Å². The molecule has 30 heavy (non-hydrogen) atoms. The number of nitrogens with zero attached hydrogens (tertiary/aromatic N) is 2. The van der Waals surface area contributed by atoms with Crippen LogP contribution in [0, 0.1) is 21.4 Å². The van der Waals surface area contributed by atoms with Gasteiger partial charge >= 0.3 is 5.97 Å². The molecule has 0 bridgehead atoms. The zero-order chi connectivity index (χ0) is 21.5. The number of hydrogen-bond donors (Lipinski definition) is 0. The van der Waals surface area contributed by atoms with Gasteiger partial charge in [-0.25, -0.2) is 4.79 Å². The first-order chi connectivity index (χ1) is 14.5. The molecule has 0 saturated carbocycles. The van der Waals surface area contributed by atoms with Gasteiger partial charge < -0.3 is 4.74 Å². The summed E-state index contributed by atoms with van der Waals surface area (Å²) in [4.78, 5) is 35.2. The molecule has 3 aromatic rings. The Morgan fingerprint density at radius 1 is 0.900 bits per heavy atom. The molecule has 3 aromatic carbocycles. The number of carbonyl (C=O) groups excluding carboxylic acids is 2. The van der Waals surface area contributed by atoms with E-state index in [0.29, 0.717) is 11.1 Å². The number of nitro groups is 1. The van der Waals surface area contributed by atoms with E-state index in [2.05, 4.69) is 0 Å². The van der Waals surface area contributed by atoms with Crippen LogP contribution in [0.15, 0.2) is 84.4 Å². The van der Waals surface area contributed by atoms with Crippen molar-refractivity contribution in [3.05, 3.63) is 111 Å². The highest BCUT2D eigenvalue weighted by atomic mass is 16.6. The molecular formula is C23H14N2O5. The van der Waals surface area contributed by atoms with Gasteiger partial charge in [-0.3, -0.25) is 14.9 Å². The second-order valence-electron chi connectivity index (χ2n) is 6.10. The van der Waals surface area contributed by atoms with Crippen molar-refractivity contribution >= 4 is 23.5 Å². The Kier molecular flexibility index (Phi) is 6.11. The Morgan fingerprint density at radius 3 is 2.17 bits per heavy atom. The van der Waals surface area contributed by atoms with Gasteiger partial charge in [0.15, 0.2) is 0 Å². The smallest absolute Gasteiger partial charge is 0.343 e. The molecule has 0 N–H and O–H groups in total. The van der Waals surface area contributed by atoms with E-state index in [0.717, 1.165) is 0 Å². The van der Waals surface area contributed by atoms with Gasteiger partial charge in [0.25, 0.3) is 5.69 Å². The van der Waals surface area contributed by atoms with E-state index >= 15 is 0 Å². The first kappa shape index (κ1) is 20.2. The van der Waals surface area contributed by atoms with Crippen LogP contribution in [0.25, 0.3) is 6.08 Å². The van der Waals surface area contributed by atoms with Crippen molar-refractivity contribution in [2.45, 2.75) is 0 Å². The standard InChI is InChI=1S/C23H14N2O5/c24-15-19(22(26)16-6-2-1-3-7-16)14-18-8-4-5-9-21(18)30-23(27)17-10-12-20(13-11-17)25(28)29/h1-14H. The molecule has 7 nitrogen and oxygen atoms in total. The van der Waals surface area contributed by atoms with Crippen molar-refractivity contribution in [2.24, 2.45) is 0 Å². The number of esters is 1. The normalized spacial score (nSPS) is 10.7. The SMILES string of the molecule is N#CC(=Cc1ccccc1OC(=O)c1ccc([N+](=O)[O-])cc1)C(=O)c1ccccc1. The first-order valence-electron chi connectivity index (χ1n) is 8.77. The quantitative estimate of drug-likeness (QED) is 0.114. The molecule has 0 spiro atoms. The summed E-state index contributed by atoms with van der Waals surface area (Å²) in [6, 6.07) is 21.7. The summed E-state index contributed by atoms with van der Waals surface area (Å²) >= 11 is 0. The van der Waals surface area contributed by atoms with E-state index in [4.69, 9.17) is 4.74 Å². The Hall–Kier alpha value is -4.57. The van der Waals surface area contributed by atoms with E-state index in [1.165, 1.54) is 36.4 Å². The molecule has 0 atom stereocenters. The Labute approximate surface area is 171 Å². The second-order valence-corrected chi connectivity index (χ2v) is 6.10. The van der Waals surface area contributed by atoms with Crippen molar-refractivity contribution in [1.29, 1.82) is 5.26 Å². The van der Waals surface area contributed by atoms with Crippen LogP contribution in [0.4, 0.5) is 5.69 Å². The number of hydrogen-bond acceptors (Lipinski definition) is 6. The third kappa shape index (κ3) is 4.64. The number of nitriles is 1. The number of non-ortho nitro benzene ring substituents is 1. The molecule has 146 valence electrons. The van der Waals surface area contributed by atoms with Crippen LogP contribution in [0.2, 0.25) is 0 Å². The molecule has 0 aliphatic rings. The van der Waals surface area contributed by atoms with Crippen LogP contribution in [0.3, 0.4) is 0 Å².